The zero-order valence-corrected chi connectivity index (χ0v) is 12.8. The van der Waals surface area contributed by atoms with Crippen molar-refractivity contribution in [1.29, 1.82) is 0 Å². The summed E-state index contributed by atoms with van der Waals surface area (Å²) in [7, 11) is 0. The number of hydrogen-bond acceptors (Lipinski definition) is 4. The molecule has 0 rings (SSSR count). The van der Waals surface area contributed by atoms with Gasteiger partial charge in [0.25, 0.3) is 0 Å². The highest BCUT2D eigenvalue weighted by molar-refractivity contribution is 5.78. The molecular formula is C13H27N3O3. The van der Waals surface area contributed by atoms with Crippen LogP contribution in [-0.4, -0.2) is 42.8 Å². The molecule has 0 spiro atoms. The first kappa shape index (κ1) is 17.7. The predicted molar refractivity (Wildman–Crippen MR) is 75.0 cm³/mol. The minimum Gasteiger partial charge on any atom is -0.444 e. The molecule has 0 aliphatic carbocycles. The molecule has 0 aromatic rings. The molecule has 0 aromatic carbocycles. The Morgan fingerprint density at radius 2 is 1.58 bits per heavy atom. The molecule has 0 aliphatic rings. The molecule has 0 saturated heterocycles. The van der Waals surface area contributed by atoms with Crippen molar-refractivity contribution in [2.45, 2.75) is 52.7 Å². The molecular weight excluding hydrogens is 246 g/mol. The normalized spacial score (nSPS) is 11.9. The van der Waals surface area contributed by atoms with E-state index in [1.807, 2.05) is 41.5 Å². The van der Waals surface area contributed by atoms with Crippen molar-refractivity contribution in [3.05, 3.63) is 0 Å². The fourth-order valence-corrected chi connectivity index (χ4v) is 1.23. The van der Waals surface area contributed by atoms with Gasteiger partial charge in [0, 0.05) is 18.6 Å². The second-order valence-corrected chi connectivity index (χ2v) is 6.40. The third-order valence-corrected chi connectivity index (χ3v) is 1.77. The van der Waals surface area contributed by atoms with Crippen LogP contribution in [0.3, 0.4) is 0 Å². The summed E-state index contributed by atoms with van der Waals surface area (Å²) in [6.45, 7) is 12.4. The molecule has 3 N–H and O–H groups in total. The summed E-state index contributed by atoms with van der Waals surface area (Å²) in [5, 5.41) is 8.39. The van der Waals surface area contributed by atoms with Crippen LogP contribution < -0.4 is 16.0 Å². The van der Waals surface area contributed by atoms with Crippen molar-refractivity contribution in [2.75, 3.05) is 19.6 Å². The van der Waals surface area contributed by atoms with E-state index in [0.29, 0.717) is 13.1 Å². The molecule has 6 nitrogen and oxygen atoms in total. The molecule has 0 bridgehead atoms. The van der Waals surface area contributed by atoms with Crippen LogP contribution in [-0.2, 0) is 9.53 Å². The fraction of sp³-hybridized carbons (Fsp3) is 0.846. The molecule has 0 saturated carbocycles. The highest BCUT2D eigenvalue weighted by atomic mass is 16.6. The average molecular weight is 273 g/mol. The lowest BCUT2D eigenvalue weighted by Crippen LogP contribution is -2.46. The van der Waals surface area contributed by atoms with Crippen LogP contribution in [0.25, 0.3) is 0 Å². The molecule has 0 aromatic heterocycles. The summed E-state index contributed by atoms with van der Waals surface area (Å²) in [5.41, 5.74) is -0.725. The van der Waals surface area contributed by atoms with E-state index >= 15 is 0 Å². The van der Waals surface area contributed by atoms with E-state index in [0.717, 1.165) is 0 Å². The van der Waals surface area contributed by atoms with Gasteiger partial charge in [0.05, 0.1) is 6.54 Å². The van der Waals surface area contributed by atoms with Crippen molar-refractivity contribution >= 4 is 12.0 Å². The average Bonchev–Trinajstić information content (AvgIpc) is 2.10. The maximum Gasteiger partial charge on any atom is 0.407 e. The molecule has 6 heteroatoms. The van der Waals surface area contributed by atoms with Gasteiger partial charge in [-0.15, -0.1) is 0 Å². The van der Waals surface area contributed by atoms with Gasteiger partial charge in [0.2, 0.25) is 5.91 Å². The third kappa shape index (κ3) is 12.9. The maximum atomic E-state index is 11.5. The molecule has 19 heavy (non-hydrogen) atoms. The number of carbonyl (C=O) groups is 2. The van der Waals surface area contributed by atoms with E-state index in [1.54, 1.807) is 0 Å². The number of hydrogen-bond donors (Lipinski definition) is 3. The molecule has 0 unspecified atom stereocenters. The van der Waals surface area contributed by atoms with Crippen LogP contribution in [0, 0.1) is 0 Å². The van der Waals surface area contributed by atoms with Gasteiger partial charge in [-0.1, -0.05) is 0 Å². The van der Waals surface area contributed by atoms with Crippen LogP contribution >= 0.6 is 0 Å². The van der Waals surface area contributed by atoms with Gasteiger partial charge < -0.3 is 20.7 Å². The number of amides is 2. The van der Waals surface area contributed by atoms with Gasteiger partial charge >= 0.3 is 6.09 Å². The van der Waals surface area contributed by atoms with Crippen LogP contribution in [0.1, 0.15) is 41.5 Å². The Hall–Kier alpha value is -1.30. The first-order valence-corrected chi connectivity index (χ1v) is 6.48. The van der Waals surface area contributed by atoms with E-state index in [9.17, 15) is 9.59 Å². The lowest BCUT2D eigenvalue weighted by atomic mass is 10.1. The largest absolute Gasteiger partial charge is 0.444 e. The number of rotatable bonds is 5. The van der Waals surface area contributed by atoms with E-state index < -0.39 is 11.7 Å². The van der Waals surface area contributed by atoms with Gasteiger partial charge in [-0.2, -0.15) is 0 Å². The Balaban J connectivity index is 3.61. The molecule has 112 valence electrons. The fourth-order valence-electron chi connectivity index (χ4n) is 1.23. The number of carbonyl (C=O) groups excluding carboxylic acids is 2. The molecule has 0 atom stereocenters. The van der Waals surface area contributed by atoms with Crippen molar-refractivity contribution < 1.29 is 14.3 Å². The Kier molecular flexibility index (Phi) is 6.83. The number of nitrogens with one attached hydrogen (secondary N) is 3. The Bertz CT molecular complexity index is 273. The zero-order chi connectivity index (χ0) is 15.1. The zero-order valence-electron chi connectivity index (χ0n) is 12.8. The summed E-state index contributed by atoms with van der Waals surface area (Å²) >= 11 is 0. The van der Waals surface area contributed by atoms with Crippen LogP contribution in [0.5, 0.6) is 0 Å². The van der Waals surface area contributed by atoms with Gasteiger partial charge in [-0.3, -0.25) is 4.79 Å². The molecule has 0 aliphatic heterocycles. The molecule has 2 amide bonds. The Labute approximate surface area is 115 Å². The van der Waals surface area contributed by atoms with Crippen molar-refractivity contribution in [3.8, 4) is 0 Å². The topological polar surface area (TPSA) is 79.5 Å². The third-order valence-electron chi connectivity index (χ3n) is 1.77. The minimum atomic E-state index is -0.496. The Morgan fingerprint density at radius 1 is 1.00 bits per heavy atom. The summed E-state index contributed by atoms with van der Waals surface area (Å²) < 4.78 is 5.07. The lowest BCUT2D eigenvalue weighted by Gasteiger charge is -2.21. The van der Waals surface area contributed by atoms with Crippen LogP contribution in [0.4, 0.5) is 4.79 Å². The summed E-state index contributed by atoms with van der Waals surface area (Å²) in [6.07, 6.45) is -0.451. The predicted octanol–water partition coefficient (Wildman–Crippen LogP) is 1.02. The van der Waals surface area contributed by atoms with Crippen molar-refractivity contribution in [1.82, 2.24) is 16.0 Å². The van der Waals surface area contributed by atoms with Crippen molar-refractivity contribution in [2.24, 2.45) is 0 Å². The second kappa shape index (κ2) is 7.33. The summed E-state index contributed by atoms with van der Waals surface area (Å²) in [6, 6.07) is 0. The number of alkyl carbamates (subject to hydrolysis) is 1. The monoisotopic (exact) mass is 273 g/mol. The van der Waals surface area contributed by atoms with Gasteiger partial charge in [0.1, 0.15) is 5.60 Å². The van der Waals surface area contributed by atoms with E-state index in [-0.39, 0.29) is 18.0 Å². The summed E-state index contributed by atoms with van der Waals surface area (Å²) in [5.74, 6) is -0.0650. The van der Waals surface area contributed by atoms with Gasteiger partial charge in [-0.05, 0) is 41.5 Å². The van der Waals surface area contributed by atoms with E-state index in [1.165, 1.54) is 0 Å². The van der Waals surface area contributed by atoms with Crippen molar-refractivity contribution in [3.63, 3.8) is 0 Å². The first-order chi connectivity index (χ1) is 8.49. The van der Waals surface area contributed by atoms with E-state index in [2.05, 4.69) is 16.0 Å². The van der Waals surface area contributed by atoms with Gasteiger partial charge in [0.15, 0.2) is 0 Å². The summed E-state index contributed by atoms with van der Waals surface area (Å²) in [4.78, 5) is 22.8. The Morgan fingerprint density at radius 3 is 2.05 bits per heavy atom. The maximum absolute atomic E-state index is 11.5. The lowest BCUT2D eigenvalue weighted by molar-refractivity contribution is -0.121. The standard InChI is InChI=1S/C13H27N3O3/c1-12(2,3)16-10(17)9-14-7-8-15-11(18)19-13(4,5)6/h14H,7-9H2,1-6H3,(H,15,18)(H,16,17). The second-order valence-electron chi connectivity index (χ2n) is 6.40. The smallest absolute Gasteiger partial charge is 0.407 e. The SMILES string of the molecule is CC(C)(C)NC(=O)CNCCNC(=O)OC(C)(C)C. The first-order valence-electron chi connectivity index (χ1n) is 6.48. The van der Waals surface area contributed by atoms with Crippen LogP contribution in [0.15, 0.2) is 0 Å². The molecule has 0 fully saturated rings. The quantitative estimate of drug-likeness (QED) is 0.653. The highest BCUT2D eigenvalue weighted by Gasteiger charge is 2.15. The van der Waals surface area contributed by atoms with Crippen LogP contribution in [0.2, 0.25) is 0 Å². The van der Waals surface area contributed by atoms with E-state index in [4.69, 9.17) is 4.74 Å². The minimum absolute atomic E-state index is 0.0650. The highest BCUT2D eigenvalue weighted by Crippen LogP contribution is 2.05. The molecule has 0 radical (unpaired) electrons. The number of ether oxygens (including phenoxy) is 1. The van der Waals surface area contributed by atoms with Gasteiger partial charge in [-0.25, -0.2) is 4.79 Å². The molecule has 0 heterocycles.